The third-order valence-electron chi connectivity index (χ3n) is 3.14. The van der Waals surface area contributed by atoms with Gasteiger partial charge in [-0.15, -0.1) is 0 Å². The fourth-order valence-electron chi connectivity index (χ4n) is 2.16. The molecule has 0 spiro atoms. The molecule has 2 aromatic rings. The second kappa shape index (κ2) is 6.63. The Kier molecular flexibility index (Phi) is 4.88. The van der Waals surface area contributed by atoms with Crippen molar-refractivity contribution in [3.05, 3.63) is 65.2 Å². The van der Waals surface area contributed by atoms with Crippen LogP contribution in [0.5, 0.6) is 0 Å². The zero-order valence-corrected chi connectivity index (χ0v) is 14.9. The van der Waals surface area contributed by atoms with Crippen molar-refractivity contribution in [2.75, 3.05) is 0 Å². The van der Waals surface area contributed by atoms with Gasteiger partial charge in [0.15, 0.2) is 0 Å². The van der Waals surface area contributed by atoms with E-state index in [1.54, 1.807) is 4.40 Å². The van der Waals surface area contributed by atoms with Gasteiger partial charge < -0.3 is 0 Å². The first-order valence-electron chi connectivity index (χ1n) is 6.82. The third kappa shape index (κ3) is 4.01. The van der Waals surface area contributed by atoms with Gasteiger partial charge in [0.1, 0.15) is 0 Å². The Bertz CT molecular complexity index is 601. The normalized spacial score (nSPS) is 10.7. The van der Waals surface area contributed by atoms with Crippen molar-refractivity contribution in [2.24, 2.45) is 0 Å². The molecule has 0 aliphatic heterocycles. The summed E-state index contributed by atoms with van der Waals surface area (Å²) in [7, 11) is 0. The SMILES string of the molecule is Cc1cccc(C#Cc2ccccc2)[c]1[GeH2][CH](C)C. The average Bonchev–Trinajstić information content (AvgIpc) is 2.40. The van der Waals surface area contributed by atoms with E-state index in [2.05, 4.69) is 62.9 Å². The van der Waals surface area contributed by atoms with Crippen LogP contribution in [0.15, 0.2) is 48.5 Å². The molecule has 0 unspecified atom stereocenters. The second-order valence-electron chi connectivity index (χ2n) is 5.32. The molecular weight excluding hydrogens is 289 g/mol. The van der Waals surface area contributed by atoms with Crippen LogP contribution in [-0.2, 0) is 0 Å². The first kappa shape index (κ1) is 14.0. The molecule has 1 heteroatoms. The molecule has 0 amide bonds. The van der Waals surface area contributed by atoms with E-state index < -0.39 is 15.4 Å². The summed E-state index contributed by atoms with van der Waals surface area (Å²) >= 11 is -0.701. The molecule has 0 saturated heterocycles. The minimum absolute atomic E-state index is 0.701. The Morgan fingerprint density at radius 3 is 2.32 bits per heavy atom. The van der Waals surface area contributed by atoms with Crippen LogP contribution in [0.2, 0.25) is 4.75 Å². The second-order valence-corrected chi connectivity index (χ2v) is 11.1. The van der Waals surface area contributed by atoms with Gasteiger partial charge in [-0.2, -0.15) is 0 Å². The predicted octanol–water partition coefficient (Wildman–Crippen LogP) is 3.02. The molecule has 0 aromatic heterocycles. The van der Waals surface area contributed by atoms with Crippen LogP contribution < -0.4 is 4.40 Å². The zero-order chi connectivity index (χ0) is 13.7. The predicted molar refractivity (Wildman–Crippen MR) is 86.9 cm³/mol. The van der Waals surface area contributed by atoms with Crippen molar-refractivity contribution in [1.29, 1.82) is 0 Å². The van der Waals surface area contributed by atoms with Gasteiger partial charge in [0.25, 0.3) is 0 Å². The molecular formula is C18H20Ge. The van der Waals surface area contributed by atoms with Crippen molar-refractivity contribution in [2.45, 2.75) is 25.5 Å². The molecule has 0 aliphatic carbocycles. The standard InChI is InChI=1S/C18H20Ge/c1-14(2)19-18-15(3)8-7-11-17(18)13-12-16-9-5-4-6-10-16/h4-11,14H,19H2,1-3H3. The van der Waals surface area contributed by atoms with Crippen molar-refractivity contribution in [3.8, 4) is 11.8 Å². The van der Waals surface area contributed by atoms with Crippen LogP contribution >= 0.6 is 0 Å². The molecule has 0 radical (unpaired) electrons. The quantitative estimate of drug-likeness (QED) is 0.591. The van der Waals surface area contributed by atoms with Crippen LogP contribution in [0.4, 0.5) is 0 Å². The van der Waals surface area contributed by atoms with Gasteiger partial charge in [-0.05, 0) is 0 Å². The van der Waals surface area contributed by atoms with E-state index in [1.807, 2.05) is 18.2 Å². The summed E-state index contributed by atoms with van der Waals surface area (Å²) < 4.78 is 2.42. The number of aryl methyl sites for hydroxylation is 1. The molecule has 0 atom stereocenters. The topological polar surface area (TPSA) is 0 Å². The molecule has 96 valence electrons. The van der Waals surface area contributed by atoms with Crippen LogP contribution in [0, 0.1) is 18.8 Å². The van der Waals surface area contributed by atoms with Gasteiger partial charge in [0, 0.05) is 0 Å². The summed E-state index contributed by atoms with van der Waals surface area (Å²) in [6.45, 7) is 6.89. The van der Waals surface area contributed by atoms with E-state index in [9.17, 15) is 0 Å². The summed E-state index contributed by atoms with van der Waals surface area (Å²) in [6.07, 6.45) is 0. The van der Waals surface area contributed by atoms with Crippen molar-refractivity contribution in [3.63, 3.8) is 0 Å². The summed E-state index contributed by atoms with van der Waals surface area (Å²) in [5, 5.41) is 0. The number of hydrogen-bond donors (Lipinski definition) is 0. The summed E-state index contributed by atoms with van der Waals surface area (Å²) in [4.78, 5) is 0. The number of rotatable bonds is 2. The van der Waals surface area contributed by atoms with E-state index in [0.717, 1.165) is 10.3 Å². The minimum atomic E-state index is -0.701. The van der Waals surface area contributed by atoms with E-state index in [4.69, 9.17) is 0 Å². The molecule has 0 fully saturated rings. The fourth-order valence-corrected chi connectivity index (χ4v) is 5.69. The van der Waals surface area contributed by atoms with Crippen LogP contribution in [0.1, 0.15) is 30.5 Å². The Morgan fingerprint density at radius 1 is 0.895 bits per heavy atom. The molecule has 0 N–H and O–H groups in total. The van der Waals surface area contributed by atoms with Crippen LogP contribution in [-0.4, -0.2) is 15.4 Å². The Labute approximate surface area is 122 Å². The molecule has 0 heterocycles. The third-order valence-corrected chi connectivity index (χ3v) is 7.68. The molecule has 0 saturated carbocycles. The Hall–Kier alpha value is -1.46. The van der Waals surface area contributed by atoms with E-state index in [1.165, 1.54) is 11.1 Å². The van der Waals surface area contributed by atoms with Gasteiger partial charge >= 0.3 is 122 Å². The van der Waals surface area contributed by atoms with Gasteiger partial charge in [0.05, 0.1) is 0 Å². The van der Waals surface area contributed by atoms with Gasteiger partial charge in [-0.3, -0.25) is 0 Å². The fraction of sp³-hybridized carbons (Fsp3) is 0.222. The molecule has 2 aromatic carbocycles. The average molecular weight is 309 g/mol. The number of hydrogen-bond acceptors (Lipinski definition) is 0. The summed E-state index contributed by atoms with van der Waals surface area (Å²) in [6, 6.07) is 16.7. The first-order valence-corrected chi connectivity index (χ1v) is 10.0. The van der Waals surface area contributed by atoms with E-state index >= 15 is 0 Å². The van der Waals surface area contributed by atoms with Crippen molar-refractivity contribution in [1.82, 2.24) is 0 Å². The van der Waals surface area contributed by atoms with Crippen LogP contribution in [0.3, 0.4) is 0 Å². The Morgan fingerprint density at radius 2 is 1.63 bits per heavy atom. The Balaban J connectivity index is 2.35. The number of benzene rings is 2. The first-order chi connectivity index (χ1) is 9.16. The molecule has 19 heavy (non-hydrogen) atoms. The summed E-state index contributed by atoms with van der Waals surface area (Å²) in [5.41, 5.74) is 3.76. The summed E-state index contributed by atoms with van der Waals surface area (Å²) in [5.74, 6) is 6.65. The van der Waals surface area contributed by atoms with Gasteiger partial charge in [0.2, 0.25) is 0 Å². The molecule has 2 rings (SSSR count). The van der Waals surface area contributed by atoms with Crippen molar-refractivity contribution < 1.29 is 0 Å². The van der Waals surface area contributed by atoms with Gasteiger partial charge in [-0.25, -0.2) is 0 Å². The van der Waals surface area contributed by atoms with E-state index in [-0.39, 0.29) is 0 Å². The molecule has 0 nitrogen and oxygen atoms in total. The molecule has 0 bridgehead atoms. The maximum absolute atomic E-state index is 3.37. The van der Waals surface area contributed by atoms with Crippen LogP contribution in [0.25, 0.3) is 0 Å². The monoisotopic (exact) mass is 310 g/mol. The van der Waals surface area contributed by atoms with E-state index in [0.29, 0.717) is 0 Å². The maximum atomic E-state index is 3.37. The zero-order valence-electron chi connectivity index (χ0n) is 11.9. The molecule has 0 aliphatic rings. The van der Waals surface area contributed by atoms with Gasteiger partial charge in [-0.1, -0.05) is 0 Å². The van der Waals surface area contributed by atoms with Crippen molar-refractivity contribution >= 4 is 19.8 Å².